The van der Waals surface area contributed by atoms with Crippen molar-refractivity contribution in [2.24, 2.45) is 0 Å². The summed E-state index contributed by atoms with van der Waals surface area (Å²) >= 11 is 0. The lowest BCUT2D eigenvalue weighted by Gasteiger charge is -2.30. The molecule has 2 aliphatic heterocycles. The number of pyridine rings is 1. The van der Waals surface area contributed by atoms with Crippen LogP contribution in [0.3, 0.4) is 0 Å². The van der Waals surface area contributed by atoms with Crippen molar-refractivity contribution in [3.63, 3.8) is 0 Å². The smallest absolute Gasteiger partial charge is 0.412 e. The van der Waals surface area contributed by atoms with Crippen molar-refractivity contribution in [1.82, 2.24) is 24.8 Å². The van der Waals surface area contributed by atoms with Gasteiger partial charge >= 0.3 is 6.09 Å². The van der Waals surface area contributed by atoms with Crippen LogP contribution in [0.25, 0.3) is 0 Å². The summed E-state index contributed by atoms with van der Waals surface area (Å²) < 4.78 is 11.2. The van der Waals surface area contributed by atoms with Gasteiger partial charge in [-0.05, 0) is 25.5 Å². The van der Waals surface area contributed by atoms with Crippen molar-refractivity contribution in [1.29, 1.82) is 0 Å². The zero-order valence-corrected chi connectivity index (χ0v) is 17.7. The van der Waals surface area contributed by atoms with E-state index in [-0.39, 0.29) is 5.69 Å². The van der Waals surface area contributed by atoms with E-state index in [9.17, 15) is 9.59 Å². The predicted octanol–water partition coefficient (Wildman–Crippen LogP) is 1.63. The number of aryl methyl sites for hydroxylation is 1. The van der Waals surface area contributed by atoms with Crippen molar-refractivity contribution in [3.05, 3.63) is 47.7 Å². The second-order valence-corrected chi connectivity index (χ2v) is 7.43. The van der Waals surface area contributed by atoms with Gasteiger partial charge in [0.2, 0.25) is 6.23 Å². The number of carbonyl (C=O) groups is 2. The summed E-state index contributed by atoms with van der Waals surface area (Å²) in [5.74, 6) is -0.0156. The van der Waals surface area contributed by atoms with Gasteiger partial charge in [0.15, 0.2) is 5.69 Å². The molecule has 0 N–H and O–H groups in total. The Labute approximate surface area is 180 Å². The Kier molecular flexibility index (Phi) is 6.38. The number of aromatic nitrogens is 3. The van der Waals surface area contributed by atoms with Crippen LogP contribution in [0.5, 0.6) is 0 Å². The van der Waals surface area contributed by atoms with E-state index < -0.39 is 18.2 Å². The number of rotatable bonds is 6. The Bertz CT molecular complexity index is 932. The van der Waals surface area contributed by atoms with Crippen LogP contribution >= 0.6 is 0 Å². The van der Waals surface area contributed by atoms with Crippen molar-refractivity contribution < 1.29 is 19.1 Å². The monoisotopic (exact) mass is 426 g/mol. The lowest BCUT2D eigenvalue weighted by Crippen LogP contribution is -2.44. The molecule has 2 aliphatic rings. The second-order valence-electron chi connectivity index (χ2n) is 7.43. The van der Waals surface area contributed by atoms with Gasteiger partial charge < -0.3 is 14.4 Å². The summed E-state index contributed by atoms with van der Waals surface area (Å²) in [4.78, 5) is 44.0. The Hall–Kier alpha value is -3.11. The standard InChI is InChI=1S/C21H26N6O4/c1-3-26(9-8-25-10-12-30-13-11-25)21(29)31-20-18-17(22-6-7-23-18)19(28)27(20)16-5-4-15(2)14-24-16/h4-7,14,20H,3,8-13H2,1-2H3/t20-/m1/s1. The van der Waals surface area contributed by atoms with E-state index in [4.69, 9.17) is 9.47 Å². The van der Waals surface area contributed by atoms with Crippen molar-refractivity contribution in [3.8, 4) is 0 Å². The molecule has 2 amide bonds. The minimum atomic E-state index is -1.02. The van der Waals surface area contributed by atoms with E-state index in [0.717, 1.165) is 25.2 Å². The highest BCUT2D eigenvalue weighted by Crippen LogP contribution is 2.35. The number of nitrogens with zero attached hydrogens (tertiary/aromatic N) is 6. The molecule has 2 aromatic rings. The second kappa shape index (κ2) is 9.36. The fourth-order valence-electron chi connectivity index (χ4n) is 3.61. The molecular weight excluding hydrogens is 400 g/mol. The van der Waals surface area contributed by atoms with E-state index in [2.05, 4.69) is 19.9 Å². The van der Waals surface area contributed by atoms with Crippen molar-refractivity contribution in [2.75, 3.05) is 50.8 Å². The molecule has 4 heterocycles. The number of fused-ring (bicyclic) bond motifs is 1. The molecule has 4 rings (SSSR count). The number of likely N-dealkylation sites (N-methyl/N-ethyl adjacent to an activating group) is 1. The van der Waals surface area contributed by atoms with Gasteiger partial charge in [-0.2, -0.15) is 0 Å². The third kappa shape index (κ3) is 4.49. The van der Waals surface area contributed by atoms with Gasteiger partial charge in [0, 0.05) is 51.3 Å². The first-order valence-electron chi connectivity index (χ1n) is 10.4. The summed E-state index contributed by atoms with van der Waals surface area (Å²) in [6.07, 6.45) is 3.06. The third-order valence-corrected chi connectivity index (χ3v) is 5.40. The van der Waals surface area contributed by atoms with E-state index in [1.165, 1.54) is 17.3 Å². The lowest BCUT2D eigenvalue weighted by atomic mass is 10.3. The molecule has 0 aromatic carbocycles. The van der Waals surface area contributed by atoms with Gasteiger partial charge in [-0.25, -0.2) is 19.7 Å². The highest BCUT2D eigenvalue weighted by molar-refractivity contribution is 6.08. The van der Waals surface area contributed by atoms with Gasteiger partial charge in [-0.15, -0.1) is 0 Å². The molecule has 0 unspecified atom stereocenters. The fraction of sp³-hybridized carbons (Fsp3) is 0.476. The minimum Gasteiger partial charge on any atom is -0.419 e. The average molecular weight is 426 g/mol. The number of carbonyl (C=O) groups excluding carboxylic acids is 2. The Balaban J connectivity index is 1.52. The summed E-state index contributed by atoms with van der Waals surface area (Å²) in [7, 11) is 0. The Morgan fingerprint density at radius 2 is 2.00 bits per heavy atom. The quantitative estimate of drug-likeness (QED) is 0.687. The molecule has 1 atom stereocenters. The number of hydrogen-bond acceptors (Lipinski definition) is 8. The van der Waals surface area contributed by atoms with E-state index >= 15 is 0 Å². The molecule has 0 spiro atoms. The maximum atomic E-state index is 13.0. The zero-order valence-electron chi connectivity index (χ0n) is 17.7. The minimum absolute atomic E-state index is 0.166. The van der Waals surface area contributed by atoms with Crippen LogP contribution in [0.1, 0.15) is 34.9 Å². The first-order valence-corrected chi connectivity index (χ1v) is 10.4. The van der Waals surface area contributed by atoms with Crippen molar-refractivity contribution >= 4 is 17.8 Å². The lowest BCUT2D eigenvalue weighted by molar-refractivity contribution is 0.0287. The molecule has 31 heavy (non-hydrogen) atoms. The largest absolute Gasteiger partial charge is 0.419 e. The number of morpholine rings is 1. The SMILES string of the molecule is CCN(CCN1CCOCC1)C(=O)O[C@@H]1c2nccnc2C(=O)N1c1ccc(C)cn1. The molecule has 2 aromatic heterocycles. The van der Waals surface area contributed by atoms with Gasteiger partial charge in [-0.3, -0.25) is 14.7 Å². The summed E-state index contributed by atoms with van der Waals surface area (Å²) in [6.45, 7) is 8.64. The van der Waals surface area contributed by atoms with Crippen LogP contribution in [0.2, 0.25) is 0 Å². The Morgan fingerprint density at radius 3 is 2.71 bits per heavy atom. The molecule has 0 aliphatic carbocycles. The van der Waals surface area contributed by atoms with Crippen molar-refractivity contribution in [2.45, 2.75) is 20.1 Å². The van der Waals surface area contributed by atoms with Crippen LogP contribution in [0.15, 0.2) is 30.7 Å². The molecule has 1 fully saturated rings. The van der Waals surface area contributed by atoms with E-state index in [1.807, 2.05) is 19.9 Å². The molecule has 10 heteroatoms. The highest BCUT2D eigenvalue weighted by atomic mass is 16.6. The van der Waals surface area contributed by atoms with Gasteiger partial charge in [0.25, 0.3) is 5.91 Å². The molecular formula is C21H26N6O4. The van der Waals surface area contributed by atoms with Gasteiger partial charge in [-0.1, -0.05) is 6.07 Å². The zero-order chi connectivity index (χ0) is 21.8. The number of hydrogen-bond donors (Lipinski definition) is 0. The predicted molar refractivity (Wildman–Crippen MR) is 112 cm³/mol. The number of amides is 2. The third-order valence-electron chi connectivity index (χ3n) is 5.40. The molecule has 0 radical (unpaired) electrons. The highest BCUT2D eigenvalue weighted by Gasteiger charge is 2.44. The van der Waals surface area contributed by atoms with Crippen LogP contribution in [0, 0.1) is 6.92 Å². The topological polar surface area (TPSA) is 101 Å². The van der Waals surface area contributed by atoms with E-state index in [0.29, 0.717) is 37.8 Å². The summed E-state index contributed by atoms with van der Waals surface area (Å²) in [5.41, 5.74) is 1.43. The first kappa shape index (κ1) is 21.1. The van der Waals surface area contributed by atoms with Crippen LogP contribution in [-0.2, 0) is 9.47 Å². The molecule has 10 nitrogen and oxygen atoms in total. The molecule has 1 saturated heterocycles. The summed E-state index contributed by atoms with van der Waals surface area (Å²) in [5, 5.41) is 0. The van der Waals surface area contributed by atoms with Crippen LogP contribution < -0.4 is 4.90 Å². The van der Waals surface area contributed by atoms with Crippen LogP contribution in [0.4, 0.5) is 10.6 Å². The Morgan fingerprint density at radius 1 is 1.23 bits per heavy atom. The fourth-order valence-corrected chi connectivity index (χ4v) is 3.61. The van der Waals surface area contributed by atoms with Gasteiger partial charge in [0.05, 0.1) is 13.2 Å². The number of anilines is 1. The number of ether oxygens (including phenoxy) is 2. The molecule has 164 valence electrons. The molecule has 0 saturated carbocycles. The average Bonchev–Trinajstić information content (AvgIpc) is 3.07. The maximum Gasteiger partial charge on any atom is 0.412 e. The van der Waals surface area contributed by atoms with Gasteiger partial charge in [0.1, 0.15) is 11.5 Å². The first-order chi connectivity index (χ1) is 15.1. The van der Waals surface area contributed by atoms with Crippen LogP contribution in [-0.4, -0.2) is 82.7 Å². The van der Waals surface area contributed by atoms with E-state index in [1.54, 1.807) is 17.2 Å². The normalized spacial score (nSPS) is 18.7. The molecule has 0 bridgehead atoms. The maximum absolute atomic E-state index is 13.0. The summed E-state index contributed by atoms with van der Waals surface area (Å²) in [6, 6.07) is 3.56.